The van der Waals surface area contributed by atoms with E-state index in [1.807, 2.05) is 13.8 Å². The van der Waals surface area contributed by atoms with Gasteiger partial charge in [-0.3, -0.25) is 9.78 Å². The molecule has 1 aromatic carbocycles. The molecule has 2 rings (SSSR count). The molecule has 0 saturated heterocycles. The van der Waals surface area contributed by atoms with E-state index in [1.54, 1.807) is 36.7 Å². The third kappa shape index (κ3) is 3.16. The molecule has 1 aromatic heterocycles. The van der Waals surface area contributed by atoms with E-state index in [4.69, 9.17) is 0 Å². The molecule has 0 radical (unpaired) electrons. The molecule has 1 N–H and O–H groups in total. The molecule has 1 heterocycles. The third-order valence-electron chi connectivity index (χ3n) is 2.93. The normalized spacial score (nSPS) is 11.1. The minimum absolute atomic E-state index is 0.184. The zero-order valence-electron chi connectivity index (χ0n) is 10.9. The molecule has 0 aliphatic carbocycles. The standard InChI is InChI=1S/C15H15FN2O/c1-15(2,12-3-5-13(16)6-4-12)18-14(19)11-7-9-17-10-8-11/h3-10H,1-2H3,(H,18,19). The summed E-state index contributed by atoms with van der Waals surface area (Å²) in [5.74, 6) is -0.475. The Morgan fingerprint density at radius 3 is 2.26 bits per heavy atom. The van der Waals surface area contributed by atoms with Gasteiger partial charge in [-0.25, -0.2) is 4.39 Å². The molecule has 0 spiro atoms. The van der Waals surface area contributed by atoms with E-state index in [0.717, 1.165) is 5.56 Å². The lowest BCUT2D eigenvalue weighted by Gasteiger charge is -2.27. The molecule has 0 aliphatic heterocycles. The molecule has 0 aliphatic rings. The zero-order chi connectivity index (χ0) is 13.9. The molecule has 98 valence electrons. The Morgan fingerprint density at radius 1 is 1.11 bits per heavy atom. The molecule has 0 fully saturated rings. The van der Waals surface area contributed by atoms with Crippen molar-refractivity contribution < 1.29 is 9.18 Å². The fourth-order valence-electron chi connectivity index (χ4n) is 1.80. The summed E-state index contributed by atoms with van der Waals surface area (Å²) in [6.45, 7) is 3.75. The van der Waals surface area contributed by atoms with Gasteiger partial charge in [-0.15, -0.1) is 0 Å². The minimum Gasteiger partial charge on any atom is -0.343 e. The van der Waals surface area contributed by atoms with Gasteiger partial charge in [-0.05, 0) is 43.7 Å². The average molecular weight is 258 g/mol. The van der Waals surface area contributed by atoms with Crippen molar-refractivity contribution in [3.05, 3.63) is 65.7 Å². The van der Waals surface area contributed by atoms with Gasteiger partial charge in [0.05, 0.1) is 5.54 Å². The molecular weight excluding hydrogens is 243 g/mol. The van der Waals surface area contributed by atoms with Crippen LogP contribution in [0.2, 0.25) is 0 Å². The summed E-state index contributed by atoms with van der Waals surface area (Å²) in [4.78, 5) is 16.0. The second-order valence-electron chi connectivity index (χ2n) is 4.82. The molecule has 1 amide bonds. The van der Waals surface area contributed by atoms with E-state index >= 15 is 0 Å². The van der Waals surface area contributed by atoms with E-state index in [-0.39, 0.29) is 11.7 Å². The van der Waals surface area contributed by atoms with Gasteiger partial charge < -0.3 is 5.32 Å². The minimum atomic E-state index is -0.575. The lowest BCUT2D eigenvalue weighted by Crippen LogP contribution is -2.41. The van der Waals surface area contributed by atoms with Gasteiger partial charge in [0.15, 0.2) is 0 Å². The third-order valence-corrected chi connectivity index (χ3v) is 2.93. The second-order valence-corrected chi connectivity index (χ2v) is 4.82. The van der Waals surface area contributed by atoms with Crippen LogP contribution in [0.25, 0.3) is 0 Å². The van der Waals surface area contributed by atoms with E-state index in [0.29, 0.717) is 5.56 Å². The first-order chi connectivity index (χ1) is 8.99. The van der Waals surface area contributed by atoms with Crippen LogP contribution in [-0.4, -0.2) is 10.9 Å². The first-order valence-corrected chi connectivity index (χ1v) is 5.97. The quantitative estimate of drug-likeness (QED) is 0.919. The van der Waals surface area contributed by atoms with E-state index in [2.05, 4.69) is 10.3 Å². The van der Waals surface area contributed by atoms with Crippen LogP contribution in [0.3, 0.4) is 0 Å². The van der Waals surface area contributed by atoms with E-state index in [1.165, 1.54) is 12.1 Å². The highest BCUT2D eigenvalue weighted by Gasteiger charge is 2.23. The fourth-order valence-corrected chi connectivity index (χ4v) is 1.80. The predicted octanol–water partition coefficient (Wildman–Crippen LogP) is 2.89. The summed E-state index contributed by atoms with van der Waals surface area (Å²) in [6.07, 6.45) is 3.14. The molecule has 4 heteroatoms. The first kappa shape index (κ1) is 13.2. The summed E-state index contributed by atoms with van der Waals surface area (Å²) in [5, 5.41) is 2.92. The summed E-state index contributed by atoms with van der Waals surface area (Å²) >= 11 is 0. The molecular formula is C15H15FN2O. The van der Waals surface area contributed by atoms with Crippen LogP contribution < -0.4 is 5.32 Å². The van der Waals surface area contributed by atoms with Crippen LogP contribution in [0.15, 0.2) is 48.8 Å². The number of hydrogen-bond acceptors (Lipinski definition) is 2. The Balaban J connectivity index is 2.17. The first-order valence-electron chi connectivity index (χ1n) is 5.97. The lowest BCUT2D eigenvalue weighted by atomic mass is 9.94. The van der Waals surface area contributed by atoms with Gasteiger partial charge in [-0.2, -0.15) is 0 Å². The Morgan fingerprint density at radius 2 is 1.68 bits per heavy atom. The van der Waals surface area contributed by atoms with Gasteiger partial charge in [0.25, 0.3) is 5.91 Å². The number of carbonyl (C=O) groups excluding carboxylic acids is 1. The largest absolute Gasteiger partial charge is 0.343 e. The maximum absolute atomic E-state index is 12.9. The van der Waals surface area contributed by atoms with Crippen LogP contribution in [0.5, 0.6) is 0 Å². The van der Waals surface area contributed by atoms with Crippen LogP contribution in [0, 0.1) is 5.82 Å². The number of rotatable bonds is 3. The summed E-state index contributed by atoms with van der Waals surface area (Å²) in [5.41, 5.74) is 0.815. The fraction of sp³-hybridized carbons (Fsp3) is 0.200. The Hall–Kier alpha value is -2.23. The smallest absolute Gasteiger partial charge is 0.252 e. The van der Waals surface area contributed by atoms with Gasteiger partial charge >= 0.3 is 0 Å². The average Bonchev–Trinajstić information content (AvgIpc) is 2.40. The van der Waals surface area contributed by atoms with Crippen molar-refractivity contribution in [2.75, 3.05) is 0 Å². The van der Waals surface area contributed by atoms with Crippen LogP contribution in [0.4, 0.5) is 4.39 Å². The van der Waals surface area contributed by atoms with Crippen LogP contribution in [0.1, 0.15) is 29.8 Å². The van der Waals surface area contributed by atoms with Crippen molar-refractivity contribution in [3.63, 3.8) is 0 Å². The number of benzene rings is 1. The van der Waals surface area contributed by atoms with Gasteiger partial charge in [0.1, 0.15) is 5.82 Å². The van der Waals surface area contributed by atoms with Gasteiger partial charge in [0, 0.05) is 18.0 Å². The van der Waals surface area contributed by atoms with Gasteiger partial charge in [-0.1, -0.05) is 12.1 Å². The summed E-state index contributed by atoms with van der Waals surface area (Å²) < 4.78 is 12.9. The highest BCUT2D eigenvalue weighted by molar-refractivity contribution is 5.94. The molecule has 19 heavy (non-hydrogen) atoms. The lowest BCUT2D eigenvalue weighted by molar-refractivity contribution is 0.0912. The molecule has 0 saturated carbocycles. The molecule has 0 bridgehead atoms. The predicted molar refractivity (Wildman–Crippen MR) is 71.1 cm³/mol. The highest BCUT2D eigenvalue weighted by atomic mass is 19.1. The van der Waals surface area contributed by atoms with Crippen molar-refractivity contribution in [3.8, 4) is 0 Å². The number of pyridine rings is 1. The van der Waals surface area contributed by atoms with E-state index < -0.39 is 5.54 Å². The maximum Gasteiger partial charge on any atom is 0.252 e. The van der Waals surface area contributed by atoms with Crippen molar-refractivity contribution in [2.24, 2.45) is 0 Å². The molecule has 2 aromatic rings. The zero-order valence-corrected chi connectivity index (χ0v) is 10.9. The highest BCUT2D eigenvalue weighted by Crippen LogP contribution is 2.20. The van der Waals surface area contributed by atoms with Crippen LogP contribution in [-0.2, 0) is 5.54 Å². The number of nitrogens with zero attached hydrogens (tertiary/aromatic N) is 1. The Bertz CT molecular complexity index is 564. The summed E-state index contributed by atoms with van der Waals surface area (Å²) in [6, 6.07) is 9.40. The van der Waals surface area contributed by atoms with Crippen molar-refractivity contribution in [1.82, 2.24) is 10.3 Å². The number of halogens is 1. The van der Waals surface area contributed by atoms with Crippen molar-refractivity contribution >= 4 is 5.91 Å². The van der Waals surface area contributed by atoms with Crippen LogP contribution >= 0.6 is 0 Å². The monoisotopic (exact) mass is 258 g/mol. The number of hydrogen-bond donors (Lipinski definition) is 1. The Kier molecular flexibility index (Phi) is 3.60. The summed E-state index contributed by atoms with van der Waals surface area (Å²) in [7, 11) is 0. The molecule has 0 unspecified atom stereocenters. The SMILES string of the molecule is CC(C)(NC(=O)c1ccncc1)c1ccc(F)cc1. The molecule has 3 nitrogen and oxygen atoms in total. The van der Waals surface area contributed by atoms with Crippen molar-refractivity contribution in [1.29, 1.82) is 0 Å². The Labute approximate surface area is 111 Å². The van der Waals surface area contributed by atoms with E-state index in [9.17, 15) is 9.18 Å². The van der Waals surface area contributed by atoms with Crippen molar-refractivity contribution in [2.45, 2.75) is 19.4 Å². The maximum atomic E-state index is 12.9. The number of amides is 1. The van der Waals surface area contributed by atoms with Gasteiger partial charge in [0.2, 0.25) is 0 Å². The second kappa shape index (κ2) is 5.18. The number of aromatic nitrogens is 1. The number of carbonyl (C=O) groups is 1. The molecule has 0 atom stereocenters. The number of nitrogens with one attached hydrogen (secondary N) is 1. The topological polar surface area (TPSA) is 42.0 Å².